The van der Waals surface area contributed by atoms with Crippen LogP contribution in [0.15, 0.2) is 29.4 Å². The van der Waals surface area contributed by atoms with Crippen LogP contribution in [0.2, 0.25) is 0 Å². The second-order valence-electron chi connectivity index (χ2n) is 7.24. The Labute approximate surface area is 150 Å². The van der Waals surface area contributed by atoms with E-state index in [1.165, 1.54) is 12.8 Å². The Kier molecular flexibility index (Phi) is 7.44. The molecule has 138 valence electrons. The van der Waals surface area contributed by atoms with Crippen molar-refractivity contribution in [2.45, 2.75) is 46.1 Å². The predicted octanol–water partition coefficient (Wildman–Crippen LogP) is 3.62. The van der Waals surface area contributed by atoms with Gasteiger partial charge in [0.2, 0.25) is 0 Å². The summed E-state index contributed by atoms with van der Waals surface area (Å²) in [4.78, 5) is 12.0. The number of hydrazone groups is 1. The molecule has 1 aromatic rings. The van der Waals surface area contributed by atoms with Crippen LogP contribution < -0.4 is 10.2 Å². The molecule has 25 heavy (non-hydrogen) atoms. The van der Waals surface area contributed by atoms with E-state index in [1.54, 1.807) is 13.3 Å². The first-order chi connectivity index (χ1) is 12.0. The second kappa shape index (κ2) is 9.56. The van der Waals surface area contributed by atoms with Crippen molar-refractivity contribution in [1.82, 2.24) is 5.43 Å². The number of hydrogen-bond donors (Lipinski definition) is 1. The Morgan fingerprint density at radius 3 is 2.68 bits per heavy atom. The summed E-state index contributed by atoms with van der Waals surface area (Å²) < 4.78 is 11.0. The van der Waals surface area contributed by atoms with Gasteiger partial charge in [0.05, 0.1) is 19.4 Å². The maximum absolute atomic E-state index is 12.0. The topological polar surface area (TPSA) is 59.9 Å². The van der Waals surface area contributed by atoms with Gasteiger partial charge in [0.1, 0.15) is 12.4 Å². The molecule has 0 aliphatic heterocycles. The molecule has 1 aliphatic carbocycles. The lowest BCUT2D eigenvalue weighted by atomic mass is 9.75. The molecule has 0 heterocycles. The fraction of sp³-hybridized carbons (Fsp3) is 0.600. The zero-order chi connectivity index (χ0) is 18.2. The third-order valence-corrected chi connectivity index (χ3v) is 4.91. The van der Waals surface area contributed by atoms with Gasteiger partial charge in [-0.2, -0.15) is 5.10 Å². The average Bonchev–Trinajstić information content (AvgIpc) is 2.60. The molecule has 1 aromatic carbocycles. The van der Waals surface area contributed by atoms with Crippen LogP contribution in [-0.4, -0.2) is 31.9 Å². The van der Waals surface area contributed by atoms with Crippen LogP contribution in [0.4, 0.5) is 0 Å². The molecular formula is C20H30N2O3. The van der Waals surface area contributed by atoms with Gasteiger partial charge in [-0.25, -0.2) is 5.43 Å². The highest BCUT2D eigenvalue weighted by Crippen LogP contribution is 2.35. The summed E-state index contributed by atoms with van der Waals surface area (Å²) in [7, 11) is 1.63. The molecule has 2 unspecified atom stereocenters. The highest BCUT2D eigenvalue weighted by Gasteiger charge is 2.31. The fourth-order valence-electron chi connectivity index (χ4n) is 3.39. The van der Waals surface area contributed by atoms with Crippen molar-refractivity contribution in [1.29, 1.82) is 0 Å². The zero-order valence-electron chi connectivity index (χ0n) is 15.7. The number of benzene rings is 1. The molecule has 0 bridgehead atoms. The molecule has 2 rings (SSSR count). The SMILES string of the molecule is COc1ccc(/C=N\NC(=O)COC2CC(C)CC[C@H]2C(C)C)cc1. The highest BCUT2D eigenvalue weighted by atomic mass is 16.5. The molecule has 0 spiro atoms. The third kappa shape index (κ3) is 6.16. The number of ether oxygens (including phenoxy) is 2. The molecule has 0 saturated heterocycles. The van der Waals surface area contributed by atoms with Crippen LogP contribution >= 0.6 is 0 Å². The molecule has 5 heteroatoms. The molecule has 0 aromatic heterocycles. The van der Waals surface area contributed by atoms with E-state index in [2.05, 4.69) is 31.3 Å². The van der Waals surface area contributed by atoms with Crippen molar-refractivity contribution >= 4 is 12.1 Å². The van der Waals surface area contributed by atoms with Gasteiger partial charge in [0.15, 0.2) is 0 Å². The number of nitrogens with zero attached hydrogens (tertiary/aromatic N) is 1. The number of methoxy groups -OCH3 is 1. The first-order valence-electron chi connectivity index (χ1n) is 9.07. The third-order valence-electron chi connectivity index (χ3n) is 4.91. The lowest BCUT2D eigenvalue weighted by Gasteiger charge is -2.36. The fourth-order valence-corrected chi connectivity index (χ4v) is 3.39. The van der Waals surface area contributed by atoms with E-state index in [-0.39, 0.29) is 18.6 Å². The Balaban J connectivity index is 1.78. The van der Waals surface area contributed by atoms with Gasteiger partial charge < -0.3 is 9.47 Å². The molecule has 1 aliphatic rings. The van der Waals surface area contributed by atoms with Crippen molar-refractivity contribution < 1.29 is 14.3 Å². The summed E-state index contributed by atoms with van der Waals surface area (Å²) >= 11 is 0. The van der Waals surface area contributed by atoms with Crippen LogP contribution in [0.25, 0.3) is 0 Å². The molecule has 5 nitrogen and oxygen atoms in total. The van der Waals surface area contributed by atoms with E-state index in [1.807, 2.05) is 24.3 Å². The van der Waals surface area contributed by atoms with Crippen LogP contribution in [-0.2, 0) is 9.53 Å². The Hall–Kier alpha value is -1.88. The van der Waals surface area contributed by atoms with Crippen molar-refractivity contribution in [2.75, 3.05) is 13.7 Å². The maximum atomic E-state index is 12.0. The molecule has 1 N–H and O–H groups in total. The molecular weight excluding hydrogens is 316 g/mol. The monoisotopic (exact) mass is 346 g/mol. The second-order valence-corrected chi connectivity index (χ2v) is 7.24. The van der Waals surface area contributed by atoms with E-state index >= 15 is 0 Å². The van der Waals surface area contributed by atoms with Gasteiger partial charge in [-0.3, -0.25) is 4.79 Å². The first-order valence-corrected chi connectivity index (χ1v) is 9.07. The molecule has 1 amide bonds. The zero-order valence-corrected chi connectivity index (χ0v) is 15.7. The van der Waals surface area contributed by atoms with E-state index in [9.17, 15) is 4.79 Å². The molecule has 0 radical (unpaired) electrons. The maximum Gasteiger partial charge on any atom is 0.266 e. The van der Waals surface area contributed by atoms with Crippen molar-refractivity contribution in [3.63, 3.8) is 0 Å². The van der Waals surface area contributed by atoms with Gasteiger partial charge in [-0.15, -0.1) is 0 Å². The van der Waals surface area contributed by atoms with Crippen molar-refractivity contribution in [2.24, 2.45) is 22.9 Å². The molecule has 1 saturated carbocycles. The smallest absolute Gasteiger partial charge is 0.266 e. The first kappa shape index (κ1) is 19.4. The molecule has 3 atom stereocenters. The van der Waals surface area contributed by atoms with Crippen LogP contribution in [0.5, 0.6) is 5.75 Å². The largest absolute Gasteiger partial charge is 0.497 e. The number of amides is 1. The predicted molar refractivity (Wildman–Crippen MR) is 99.8 cm³/mol. The van der Waals surface area contributed by atoms with E-state index < -0.39 is 0 Å². The highest BCUT2D eigenvalue weighted by molar-refractivity contribution is 5.82. The van der Waals surface area contributed by atoms with Crippen LogP contribution in [0.1, 0.15) is 45.6 Å². The lowest BCUT2D eigenvalue weighted by molar-refractivity contribution is -0.131. The van der Waals surface area contributed by atoms with Gasteiger partial charge in [-0.1, -0.05) is 27.2 Å². The van der Waals surface area contributed by atoms with Gasteiger partial charge in [0, 0.05) is 0 Å². The standard InChI is InChI=1S/C20H30N2O3/c1-14(2)18-10-5-15(3)11-19(18)25-13-20(23)22-21-12-16-6-8-17(24-4)9-7-16/h6-9,12,14-15,18-19H,5,10-11,13H2,1-4H3,(H,22,23)/b21-12-/t15?,18-,19?/m0/s1. The summed E-state index contributed by atoms with van der Waals surface area (Å²) in [5.74, 6) is 2.35. The van der Waals surface area contributed by atoms with Crippen LogP contribution in [0.3, 0.4) is 0 Å². The number of rotatable bonds is 7. The summed E-state index contributed by atoms with van der Waals surface area (Å²) in [6.07, 6.45) is 5.24. The Morgan fingerprint density at radius 1 is 1.32 bits per heavy atom. The van der Waals surface area contributed by atoms with E-state index in [0.717, 1.165) is 17.7 Å². The van der Waals surface area contributed by atoms with Gasteiger partial charge in [-0.05, 0) is 60.4 Å². The minimum atomic E-state index is -0.217. The molecule has 1 fully saturated rings. The minimum Gasteiger partial charge on any atom is -0.497 e. The van der Waals surface area contributed by atoms with Gasteiger partial charge in [0.25, 0.3) is 5.91 Å². The number of carbonyl (C=O) groups is 1. The minimum absolute atomic E-state index is 0.0561. The van der Waals surface area contributed by atoms with E-state index in [4.69, 9.17) is 9.47 Å². The Morgan fingerprint density at radius 2 is 2.04 bits per heavy atom. The summed E-state index contributed by atoms with van der Waals surface area (Å²) in [5, 5.41) is 3.98. The lowest BCUT2D eigenvalue weighted by Crippen LogP contribution is -2.36. The number of carbonyl (C=O) groups excluding carboxylic acids is 1. The van der Waals surface area contributed by atoms with Gasteiger partial charge >= 0.3 is 0 Å². The Bertz CT molecular complexity index is 569. The number of hydrogen-bond acceptors (Lipinski definition) is 4. The quantitative estimate of drug-likeness (QED) is 0.606. The summed E-state index contributed by atoms with van der Waals surface area (Å²) in [6, 6.07) is 7.45. The number of nitrogens with one attached hydrogen (secondary N) is 1. The van der Waals surface area contributed by atoms with Crippen LogP contribution in [0, 0.1) is 17.8 Å². The summed E-state index contributed by atoms with van der Waals surface area (Å²) in [6.45, 7) is 6.78. The summed E-state index contributed by atoms with van der Waals surface area (Å²) in [5.41, 5.74) is 3.42. The van der Waals surface area contributed by atoms with Crippen molar-refractivity contribution in [3.8, 4) is 5.75 Å². The average molecular weight is 346 g/mol. The van der Waals surface area contributed by atoms with Crippen molar-refractivity contribution in [3.05, 3.63) is 29.8 Å². The normalized spacial score (nSPS) is 23.8. The van der Waals surface area contributed by atoms with E-state index in [0.29, 0.717) is 17.8 Å².